The van der Waals surface area contributed by atoms with Gasteiger partial charge in [0.2, 0.25) is 0 Å². The van der Waals surface area contributed by atoms with Gasteiger partial charge in [-0.2, -0.15) is 0 Å². The highest BCUT2D eigenvalue weighted by atomic mass is 16.2. The highest BCUT2D eigenvalue weighted by Crippen LogP contribution is 2.18. The van der Waals surface area contributed by atoms with E-state index < -0.39 is 0 Å². The first kappa shape index (κ1) is 13.1. The number of hydrogen-bond donors (Lipinski definition) is 2. The summed E-state index contributed by atoms with van der Waals surface area (Å²) in [4.78, 5) is 20.0. The fourth-order valence-electron chi connectivity index (χ4n) is 2.83. The number of benzene rings is 1. The van der Waals surface area contributed by atoms with Crippen LogP contribution in [0.25, 0.3) is 10.9 Å². The minimum atomic E-state index is 0.0741. The van der Waals surface area contributed by atoms with Crippen molar-refractivity contribution in [3.63, 3.8) is 0 Å². The summed E-state index contributed by atoms with van der Waals surface area (Å²) in [5.41, 5.74) is 7.54. The monoisotopic (exact) mass is 272 g/mol. The number of nitrogens with zero attached hydrogens (tertiary/aromatic N) is 2. The largest absolute Gasteiger partial charge is 0.361 e. The summed E-state index contributed by atoms with van der Waals surface area (Å²) < 4.78 is 0. The van der Waals surface area contributed by atoms with E-state index in [1.165, 1.54) is 0 Å². The molecule has 5 heteroatoms. The van der Waals surface area contributed by atoms with Crippen LogP contribution in [0.1, 0.15) is 10.4 Å². The molecule has 1 aliphatic rings. The zero-order chi connectivity index (χ0) is 14.1. The number of rotatable bonds is 2. The number of aromatic nitrogens is 1. The van der Waals surface area contributed by atoms with E-state index in [4.69, 9.17) is 5.73 Å². The molecular formula is C15H20N4O. The molecule has 1 aliphatic heterocycles. The third-order valence-corrected chi connectivity index (χ3v) is 4.02. The Balaban J connectivity index is 1.86. The number of nitrogens with one attached hydrogen (secondary N) is 1. The maximum Gasteiger partial charge on any atom is 0.254 e. The minimum Gasteiger partial charge on any atom is -0.361 e. The summed E-state index contributed by atoms with van der Waals surface area (Å²) in [6, 6.07) is 7.89. The van der Waals surface area contributed by atoms with Crippen LogP contribution in [0.3, 0.4) is 0 Å². The molecule has 3 rings (SSSR count). The summed E-state index contributed by atoms with van der Waals surface area (Å²) in [6.45, 7) is 2.97. The molecule has 0 bridgehead atoms. The summed E-state index contributed by atoms with van der Waals surface area (Å²) in [7, 11) is 2.06. The van der Waals surface area contributed by atoms with Crippen LogP contribution in [0, 0.1) is 0 Å². The van der Waals surface area contributed by atoms with E-state index in [1.54, 1.807) is 0 Å². The third-order valence-electron chi connectivity index (χ3n) is 4.02. The van der Waals surface area contributed by atoms with Crippen molar-refractivity contribution < 1.29 is 4.79 Å². The molecule has 0 spiro atoms. The number of amides is 1. The second-order valence-electron chi connectivity index (χ2n) is 5.43. The van der Waals surface area contributed by atoms with E-state index in [2.05, 4.69) is 16.9 Å². The molecule has 1 fully saturated rings. The van der Waals surface area contributed by atoms with Gasteiger partial charge >= 0.3 is 0 Å². The van der Waals surface area contributed by atoms with Gasteiger partial charge in [0, 0.05) is 43.5 Å². The molecule has 1 unspecified atom stereocenters. The fourth-order valence-corrected chi connectivity index (χ4v) is 2.83. The number of nitrogens with two attached hydrogens (primary N) is 1. The summed E-state index contributed by atoms with van der Waals surface area (Å²) in [5.74, 6) is 0.0741. The average Bonchev–Trinajstić information content (AvgIpc) is 2.93. The summed E-state index contributed by atoms with van der Waals surface area (Å²) in [6.07, 6.45) is 1.89. The number of aromatic amines is 1. The lowest BCUT2D eigenvalue weighted by Crippen LogP contribution is -2.56. The number of carbonyl (C=O) groups is 1. The van der Waals surface area contributed by atoms with Crippen molar-refractivity contribution in [2.45, 2.75) is 6.04 Å². The van der Waals surface area contributed by atoms with Gasteiger partial charge in [0.05, 0.1) is 6.04 Å². The Labute approximate surface area is 118 Å². The van der Waals surface area contributed by atoms with Gasteiger partial charge in [0.1, 0.15) is 0 Å². The molecule has 1 aromatic heterocycles. The van der Waals surface area contributed by atoms with E-state index in [0.29, 0.717) is 6.54 Å². The minimum absolute atomic E-state index is 0.0741. The molecule has 2 aromatic rings. The van der Waals surface area contributed by atoms with Crippen LogP contribution in [0.5, 0.6) is 0 Å². The van der Waals surface area contributed by atoms with Crippen molar-refractivity contribution in [3.05, 3.63) is 36.0 Å². The van der Waals surface area contributed by atoms with Crippen molar-refractivity contribution in [3.8, 4) is 0 Å². The maximum absolute atomic E-state index is 12.7. The zero-order valence-electron chi connectivity index (χ0n) is 11.7. The maximum atomic E-state index is 12.7. The molecule has 0 saturated carbocycles. The molecule has 0 radical (unpaired) electrons. The van der Waals surface area contributed by atoms with Crippen LogP contribution in [0.15, 0.2) is 30.5 Å². The van der Waals surface area contributed by atoms with Gasteiger partial charge in [0.15, 0.2) is 0 Å². The van der Waals surface area contributed by atoms with Gasteiger partial charge in [-0.15, -0.1) is 0 Å². The van der Waals surface area contributed by atoms with E-state index in [9.17, 15) is 4.79 Å². The molecule has 2 heterocycles. The highest BCUT2D eigenvalue weighted by molar-refractivity contribution is 5.98. The second-order valence-corrected chi connectivity index (χ2v) is 5.43. The lowest BCUT2D eigenvalue weighted by molar-refractivity contribution is 0.0516. The summed E-state index contributed by atoms with van der Waals surface area (Å²) in [5, 5.41) is 1.12. The van der Waals surface area contributed by atoms with E-state index in [0.717, 1.165) is 36.1 Å². The number of carbonyl (C=O) groups excluding carboxylic acids is 1. The first-order chi connectivity index (χ1) is 9.69. The predicted octanol–water partition coefficient (Wildman–Crippen LogP) is 0.883. The molecule has 1 saturated heterocycles. The van der Waals surface area contributed by atoms with Gasteiger partial charge in [-0.25, -0.2) is 0 Å². The normalized spacial score (nSPS) is 20.5. The molecule has 106 valence electrons. The van der Waals surface area contributed by atoms with Gasteiger partial charge < -0.3 is 20.5 Å². The van der Waals surface area contributed by atoms with E-state index in [1.807, 2.05) is 35.4 Å². The van der Waals surface area contributed by atoms with Crippen molar-refractivity contribution in [1.82, 2.24) is 14.8 Å². The first-order valence-electron chi connectivity index (χ1n) is 6.96. The molecule has 1 atom stereocenters. The number of hydrogen-bond acceptors (Lipinski definition) is 3. The zero-order valence-corrected chi connectivity index (χ0v) is 11.7. The molecule has 1 amide bonds. The van der Waals surface area contributed by atoms with E-state index in [-0.39, 0.29) is 11.9 Å². The smallest absolute Gasteiger partial charge is 0.254 e. The first-order valence-corrected chi connectivity index (χ1v) is 6.96. The predicted molar refractivity (Wildman–Crippen MR) is 79.7 cm³/mol. The lowest BCUT2D eigenvalue weighted by atomic mass is 10.1. The molecular weight excluding hydrogens is 252 g/mol. The highest BCUT2D eigenvalue weighted by Gasteiger charge is 2.28. The lowest BCUT2D eigenvalue weighted by Gasteiger charge is -2.39. The Morgan fingerprint density at radius 2 is 2.25 bits per heavy atom. The third kappa shape index (κ3) is 2.30. The number of piperazine rings is 1. The second kappa shape index (κ2) is 5.26. The van der Waals surface area contributed by atoms with Gasteiger partial charge in [0.25, 0.3) is 5.91 Å². The molecule has 1 aromatic carbocycles. The van der Waals surface area contributed by atoms with Crippen LogP contribution in [0.4, 0.5) is 0 Å². The Morgan fingerprint density at radius 1 is 1.40 bits per heavy atom. The molecule has 0 aliphatic carbocycles. The molecule has 20 heavy (non-hydrogen) atoms. The van der Waals surface area contributed by atoms with Crippen molar-refractivity contribution in [2.75, 3.05) is 33.2 Å². The SMILES string of the molecule is CN1CCN(C(=O)c2ccc3cc[nH]c3c2)C(CN)C1. The average molecular weight is 272 g/mol. The fraction of sp³-hybridized carbons (Fsp3) is 0.400. The van der Waals surface area contributed by atoms with Crippen LogP contribution >= 0.6 is 0 Å². The van der Waals surface area contributed by atoms with Gasteiger partial charge in [-0.05, 0) is 30.6 Å². The van der Waals surface area contributed by atoms with Gasteiger partial charge in [-0.1, -0.05) is 6.07 Å². The van der Waals surface area contributed by atoms with Crippen LogP contribution in [-0.2, 0) is 0 Å². The van der Waals surface area contributed by atoms with Crippen LogP contribution in [-0.4, -0.2) is 60.0 Å². The van der Waals surface area contributed by atoms with Crippen molar-refractivity contribution in [2.24, 2.45) is 5.73 Å². The topological polar surface area (TPSA) is 65.4 Å². The Hall–Kier alpha value is -1.85. The molecule has 5 nitrogen and oxygen atoms in total. The van der Waals surface area contributed by atoms with Crippen molar-refractivity contribution >= 4 is 16.8 Å². The number of fused-ring (bicyclic) bond motifs is 1. The quantitative estimate of drug-likeness (QED) is 0.853. The number of likely N-dealkylation sites (N-methyl/N-ethyl adjacent to an activating group) is 1. The molecule has 3 N–H and O–H groups in total. The Morgan fingerprint density at radius 3 is 3.05 bits per heavy atom. The number of H-pyrrole nitrogens is 1. The van der Waals surface area contributed by atoms with Gasteiger partial charge in [-0.3, -0.25) is 4.79 Å². The van der Waals surface area contributed by atoms with Crippen LogP contribution in [0.2, 0.25) is 0 Å². The Bertz CT molecular complexity index is 621. The van der Waals surface area contributed by atoms with E-state index >= 15 is 0 Å². The Kier molecular flexibility index (Phi) is 3.46. The standard InChI is InChI=1S/C15H20N4O/c1-18-6-7-19(13(9-16)10-18)15(20)12-3-2-11-4-5-17-14(11)8-12/h2-5,8,13,17H,6-7,9-10,16H2,1H3. The summed E-state index contributed by atoms with van der Waals surface area (Å²) >= 11 is 0. The van der Waals surface area contributed by atoms with Crippen molar-refractivity contribution in [1.29, 1.82) is 0 Å². The van der Waals surface area contributed by atoms with Crippen LogP contribution < -0.4 is 5.73 Å².